The molecule has 0 aliphatic carbocycles. The summed E-state index contributed by atoms with van der Waals surface area (Å²) < 4.78 is 5.48. The molecule has 0 unspecified atom stereocenters. The van der Waals surface area contributed by atoms with Gasteiger partial charge in [-0.2, -0.15) is 0 Å². The molecule has 114 valence electrons. The minimum Gasteiger partial charge on any atom is -0.496 e. The van der Waals surface area contributed by atoms with Gasteiger partial charge in [0.2, 0.25) is 0 Å². The standard InChI is InChI=1S/C17H28ClNO/c1-5-10-19-13-17(6-2,7-3)12-14-11-15(18)8-9-16(14)20-4/h8-9,11,19H,5-7,10,12-13H2,1-4H3. The third-order valence-corrected chi connectivity index (χ3v) is 4.47. The Hall–Kier alpha value is -0.730. The highest BCUT2D eigenvalue weighted by atomic mass is 35.5. The van der Waals surface area contributed by atoms with E-state index in [4.69, 9.17) is 16.3 Å². The van der Waals surface area contributed by atoms with Crippen LogP contribution in [-0.2, 0) is 6.42 Å². The molecule has 0 aliphatic heterocycles. The van der Waals surface area contributed by atoms with E-state index in [0.29, 0.717) is 0 Å². The molecule has 0 atom stereocenters. The zero-order valence-electron chi connectivity index (χ0n) is 13.3. The van der Waals surface area contributed by atoms with Gasteiger partial charge in [-0.15, -0.1) is 0 Å². The highest BCUT2D eigenvalue weighted by molar-refractivity contribution is 6.30. The van der Waals surface area contributed by atoms with E-state index in [1.807, 2.05) is 18.2 Å². The molecule has 1 N–H and O–H groups in total. The van der Waals surface area contributed by atoms with Crippen molar-refractivity contribution in [3.05, 3.63) is 28.8 Å². The highest BCUT2D eigenvalue weighted by Gasteiger charge is 2.27. The summed E-state index contributed by atoms with van der Waals surface area (Å²) in [5.74, 6) is 0.941. The Labute approximate surface area is 128 Å². The summed E-state index contributed by atoms with van der Waals surface area (Å²) in [7, 11) is 1.72. The van der Waals surface area contributed by atoms with Crippen molar-refractivity contribution in [1.29, 1.82) is 0 Å². The number of rotatable bonds is 9. The van der Waals surface area contributed by atoms with Crippen LogP contribution in [0, 0.1) is 5.41 Å². The lowest BCUT2D eigenvalue weighted by Crippen LogP contribution is -2.35. The molecule has 3 heteroatoms. The monoisotopic (exact) mass is 297 g/mol. The molecule has 1 aromatic rings. The predicted octanol–water partition coefficient (Wildman–Crippen LogP) is 4.70. The first-order chi connectivity index (χ1) is 9.60. The van der Waals surface area contributed by atoms with E-state index in [1.54, 1.807) is 7.11 Å². The molecule has 0 radical (unpaired) electrons. The molecule has 1 aromatic carbocycles. The Morgan fingerprint density at radius 2 is 1.90 bits per heavy atom. The highest BCUT2D eigenvalue weighted by Crippen LogP contribution is 2.34. The van der Waals surface area contributed by atoms with Crippen molar-refractivity contribution in [3.8, 4) is 5.75 Å². The predicted molar refractivity (Wildman–Crippen MR) is 87.9 cm³/mol. The third kappa shape index (κ3) is 4.68. The fraction of sp³-hybridized carbons (Fsp3) is 0.647. The van der Waals surface area contributed by atoms with Gasteiger partial charge in [-0.25, -0.2) is 0 Å². The second kappa shape index (κ2) is 8.53. The lowest BCUT2D eigenvalue weighted by Gasteiger charge is -2.33. The van der Waals surface area contributed by atoms with Gasteiger partial charge in [-0.1, -0.05) is 32.4 Å². The summed E-state index contributed by atoms with van der Waals surface area (Å²) in [5, 5.41) is 4.36. The zero-order valence-corrected chi connectivity index (χ0v) is 14.0. The van der Waals surface area contributed by atoms with Gasteiger partial charge in [0.15, 0.2) is 0 Å². The Morgan fingerprint density at radius 3 is 2.45 bits per heavy atom. The van der Waals surface area contributed by atoms with E-state index >= 15 is 0 Å². The molecule has 0 saturated heterocycles. The number of hydrogen-bond acceptors (Lipinski definition) is 2. The number of nitrogens with one attached hydrogen (secondary N) is 1. The largest absolute Gasteiger partial charge is 0.496 e. The fourth-order valence-electron chi connectivity index (χ4n) is 2.63. The third-order valence-electron chi connectivity index (χ3n) is 4.23. The molecule has 0 bridgehead atoms. The minimum absolute atomic E-state index is 0.271. The molecule has 20 heavy (non-hydrogen) atoms. The summed E-state index contributed by atoms with van der Waals surface area (Å²) in [6.45, 7) is 8.87. The van der Waals surface area contributed by atoms with Gasteiger partial charge in [0.05, 0.1) is 7.11 Å². The number of hydrogen-bond donors (Lipinski definition) is 1. The normalized spacial score (nSPS) is 11.7. The van der Waals surface area contributed by atoms with E-state index < -0.39 is 0 Å². The van der Waals surface area contributed by atoms with Crippen LogP contribution in [0.4, 0.5) is 0 Å². The molecule has 0 aliphatic rings. The second-order valence-electron chi connectivity index (χ2n) is 5.52. The summed E-state index contributed by atoms with van der Waals surface area (Å²) >= 11 is 6.14. The maximum atomic E-state index is 6.14. The number of halogens is 1. The van der Waals surface area contributed by atoms with Gasteiger partial charge in [0, 0.05) is 11.6 Å². The molecule has 2 nitrogen and oxygen atoms in total. The van der Waals surface area contributed by atoms with E-state index in [0.717, 1.165) is 43.1 Å². The van der Waals surface area contributed by atoms with Crippen molar-refractivity contribution in [2.24, 2.45) is 5.41 Å². The van der Waals surface area contributed by atoms with Gasteiger partial charge in [-0.3, -0.25) is 0 Å². The first-order valence-electron chi connectivity index (χ1n) is 7.64. The Morgan fingerprint density at radius 1 is 1.20 bits per heavy atom. The van der Waals surface area contributed by atoms with Crippen LogP contribution in [-0.4, -0.2) is 20.2 Å². The molecule has 0 saturated carbocycles. The van der Waals surface area contributed by atoms with Crippen molar-refractivity contribution < 1.29 is 4.74 Å². The molecular formula is C17H28ClNO. The van der Waals surface area contributed by atoms with Crippen LogP contribution in [0.25, 0.3) is 0 Å². The van der Waals surface area contributed by atoms with Crippen LogP contribution >= 0.6 is 11.6 Å². The number of ether oxygens (including phenoxy) is 1. The van der Waals surface area contributed by atoms with Crippen molar-refractivity contribution >= 4 is 11.6 Å². The van der Waals surface area contributed by atoms with Crippen molar-refractivity contribution in [2.75, 3.05) is 20.2 Å². The topological polar surface area (TPSA) is 21.3 Å². The first-order valence-corrected chi connectivity index (χ1v) is 8.01. The summed E-state index contributed by atoms with van der Waals surface area (Å²) in [6, 6.07) is 5.90. The Bertz CT molecular complexity index is 402. The molecule has 1 rings (SSSR count). The summed E-state index contributed by atoms with van der Waals surface area (Å²) in [6.07, 6.45) is 4.47. The van der Waals surface area contributed by atoms with Crippen LogP contribution in [0.5, 0.6) is 5.75 Å². The van der Waals surface area contributed by atoms with Crippen LogP contribution in [0.2, 0.25) is 5.02 Å². The average Bonchev–Trinajstić information content (AvgIpc) is 2.46. The second-order valence-corrected chi connectivity index (χ2v) is 5.95. The van der Waals surface area contributed by atoms with E-state index in [9.17, 15) is 0 Å². The molecule has 0 fully saturated rings. The van der Waals surface area contributed by atoms with Crippen LogP contribution in [0.1, 0.15) is 45.6 Å². The summed E-state index contributed by atoms with van der Waals surface area (Å²) in [4.78, 5) is 0. The lowest BCUT2D eigenvalue weighted by molar-refractivity contribution is 0.244. The van der Waals surface area contributed by atoms with Crippen LogP contribution in [0.15, 0.2) is 18.2 Å². The molecule has 0 spiro atoms. The molecular weight excluding hydrogens is 270 g/mol. The SMILES string of the molecule is CCCNCC(CC)(CC)Cc1cc(Cl)ccc1OC. The van der Waals surface area contributed by atoms with Gasteiger partial charge in [0.25, 0.3) is 0 Å². The van der Waals surface area contributed by atoms with Gasteiger partial charge in [0.1, 0.15) is 5.75 Å². The fourth-order valence-corrected chi connectivity index (χ4v) is 2.83. The zero-order chi connectivity index (χ0) is 15.0. The van der Waals surface area contributed by atoms with E-state index in [2.05, 4.69) is 26.1 Å². The smallest absolute Gasteiger partial charge is 0.122 e. The van der Waals surface area contributed by atoms with Crippen molar-refractivity contribution in [2.45, 2.75) is 46.5 Å². The number of benzene rings is 1. The van der Waals surface area contributed by atoms with Crippen molar-refractivity contribution in [3.63, 3.8) is 0 Å². The maximum absolute atomic E-state index is 6.14. The molecule has 0 aromatic heterocycles. The molecule has 0 amide bonds. The Kier molecular flexibility index (Phi) is 7.39. The van der Waals surface area contributed by atoms with Gasteiger partial charge >= 0.3 is 0 Å². The maximum Gasteiger partial charge on any atom is 0.122 e. The first kappa shape index (κ1) is 17.3. The van der Waals surface area contributed by atoms with Crippen LogP contribution in [0.3, 0.4) is 0 Å². The van der Waals surface area contributed by atoms with Gasteiger partial charge < -0.3 is 10.1 Å². The molecule has 0 heterocycles. The van der Waals surface area contributed by atoms with E-state index in [1.165, 1.54) is 12.0 Å². The van der Waals surface area contributed by atoms with Gasteiger partial charge in [-0.05, 0) is 61.4 Å². The minimum atomic E-state index is 0.271. The van der Waals surface area contributed by atoms with Crippen molar-refractivity contribution in [1.82, 2.24) is 5.32 Å². The lowest BCUT2D eigenvalue weighted by atomic mass is 9.76. The average molecular weight is 298 g/mol. The number of methoxy groups -OCH3 is 1. The Balaban J connectivity index is 2.91. The quantitative estimate of drug-likeness (QED) is 0.667. The van der Waals surface area contributed by atoms with E-state index in [-0.39, 0.29) is 5.41 Å². The summed E-state index contributed by atoms with van der Waals surface area (Å²) in [5.41, 5.74) is 1.48. The van der Waals surface area contributed by atoms with Crippen LogP contribution < -0.4 is 10.1 Å².